The number of pyridine rings is 1. The zero-order chi connectivity index (χ0) is 15.4. The molecule has 2 aromatic rings. The maximum Gasteiger partial charge on any atom is 0.255 e. The van der Waals surface area contributed by atoms with Gasteiger partial charge in [-0.25, -0.2) is 0 Å². The first-order chi connectivity index (χ1) is 10.0. The van der Waals surface area contributed by atoms with Gasteiger partial charge in [0, 0.05) is 27.5 Å². The van der Waals surface area contributed by atoms with Gasteiger partial charge < -0.3 is 16.3 Å². The van der Waals surface area contributed by atoms with Gasteiger partial charge in [-0.3, -0.25) is 9.78 Å². The van der Waals surface area contributed by atoms with Crippen LogP contribution >= 0.6 is 15.9 Å². The molecule has 0 bridgehead atoms. The average Bonchev–Trinajstić information content (AvgIpc) is 2.46. The van der Waals surface area contributed by atoms with Crippen LogP contribution in [-0.4, -0.2) is 21.9 Å². The third kappa shape index (κ3) is 3.57. The molecule has 2 rings (SSSR count). The fourth-order valence-corrected chi connectivity index (χ4v) is 2.14. The Morgan fingerprint density at radius 3 is 2.81 bits per heavy atom. The van der Waals surface area contributed by atoms with Crippen molar-refractivity contribution < 1.29 is 10.0 Å². The van der Waals surface area contributed by atoms with Crippen molar-refractivity contribution in [2.45, 2.75) is 6.92 Å². The predicted octanol–water partition coefficient (Wildman–Crippen LogP) is 2.50. The molecule has 0 saturated heterocycles. The SMILES string of the molecule is Cc1cc(C(=O)Nc2cc(Br)ccc2/C(N)=N/O)ccn1. The number of nitrogens with two attached hydrogens (primary N) is 1. The number of oxime groups is 1. The number of amidine groups is 1. The van der Waals surface area contributed by atoms with Crippen molar-refractivity contribution in [2.24, 2.45) is 10.9 Å². The summed E-state index contributed by atoms with van der Waals surface area (Å²) in [4.78, 5) is 16.3. The summed E-state index contributed by atoms with van der Waals surface area (Å²) in [5.74, 6) is -0.380. The number of amides is 1. The minimum absolute atomic E-state index is 0.0799. The lowest BCUT2D eigenvalue weighted by molar-refractivity contribution is 0.102. The van der Waals surface area contributed by atoms with E-state index >= 15 is 0 Å². The second-order valence-electron chi connectivity index (χ2n) is 4.32. The van der Waals surface area contributed by atoms with E-state index in [4.69, 9.17) is 10.9 Å². The standard InChI is InChI=1S/C14H13BrN4O2/c1-8-6-9(4-5-17-8)14(20)18-12-7-10(15)2-3-11(12)13(16)19-21/h2-7,21H,1H3,(H2,16,19)(H,18,20). The molecule has 0 fully saturated rings. The number of benzene rings is 1. The third-order valence-electron chi connectivity index (χ3n) is 2.77. The number of nitrogens with zero attached hydrogens (tertiary/aromatic N) is 2. The van der Waals surface area contributed by atoms with Crippen LogP contribution in [0.25, 0.3) is 0 Å². The first-order valence-electron chi connectivity index (χ1n) is 6.02. The Morgan fingerprint density at radius 1 is 1.38 bits per heavy atom. The smallest absolute Gasteiger partial charge is 0.255 e. The van der Waals surface area contributed by atoms with Gasteiger partial charge in [-0.1, -0.05) is 21.1 Å². The summed E-state index contributed by atoms with van der Waals surface area (Å²) in [5.41, 5.74) is 7.70. The first-order valence-corrected chi connectivity index (χ1v) is 6.82. The van der Waals surface area contributed by atoms with Crippen LogP contribution in [0, 0.1) is 6.92 Å². The van der Waals surface area contributed by atoms with Crippen molar-refractivity contribution >= 4 is 33.4 Å². The maximum atomic E-state index is 12.2. The van der Waals surface area contributed by atoms with Gasteiger partial charge in [0.1, 0.15) is 0 Å². The molecule has 1 amide bonds. The number of aryl methyl sites for hydroxylation is 1. The van der Waals surface area contributed by atoms with Gasteiger partial charge in [-0.05, 0) is 37.3 Å². The van der Waals surface area contributed by atoms with Gasteiger partial charge in [0.15, 0.2) is 5.84 Å². The lowest BCUT2D eigenvalue weighted by Gasteiger charge is -2.11. The predicted molar refractivity (Wildman–Crippen MR) is 83.6 cm³/mol. The lowest BCUT2D eigenvalue weighted by atomic mass is 10.1. The number of carbonyl (C=O) groups is 1. The molecular weight excluding hydrogens is 336 g/mol. The molecule has 0 aliphatic rings. The molecule has 1 aromatic heterocycles. The molecule has 0 radical (unpaired) electrons. The lowest BCUT2D eigenvalue weighted by Crippen LogP contribution is -2.19. The summed E-state index contributed by atoms with van der Waals surface area (Å²) >= 11 is 3.32. The minimum atomic E-state index is -0.300. The quantitative estimate of drug-likeness (QED) is 0.343. The first kappa shape index (κ1) is 15.0. The van der Waals surface area contributed by atoms with Crippen molar-refractivity contribution in [3.8, 4) is 0 Å². The van der Waals surface area contributed by atoms with E-state index in [9.17, 15) is 4.79 Å². The molecule has 7 heteroatoms. The van der Waals surface area contributed by atoms with Crippen molar-refractivity contribution in [2.75, 3.05) is 5.32 Å². The van der Waals surface area contributed by atoms with E-state index in [0.29, 0.717) is 16.8 Å². The topological polar surface area (TPSA) is 101 Å². The molecule has 0 aliphatic carbocycles. The Bertz CT molecular complexity index is 716. The number of anilines is 1. The van der Waals surface area contributed by atoms with Gasteiger partial charge in [0.2, 0.25) is 0 Å². The zero-order valence-electron chi connectivity index (χ0n) is 11.2. The summed E-state index contributed by atoms with van der Waals surface area (Å²) in [6.07, 6.45) is 1.57. The molecule has 4 N–H and O–H groups in total. The van der Waals surface area contributed by atoms with Crippen LogP contribution in [-0.2, 0) is 0 Å². The third-order valence-corrected chi connectivity index (χ3v) is 3.27. The maximum absolute atomic E-state index is 12.2. The second-order valence-corrected chi connectivity index (χ2v) is 5.23. The van der Waals surface area contributed by atoms with Gasteiger partial charge in [-0.2, -0.15) is 0 Å². The molecule has 1 aromatic carbocycles. The Kier molecular flexibility index (Phi) is 4.54. The largest absolute Gasteiger partial charge is 0.409 e. The molecule has 0 unspecified atom stereocenters. The molecule has 0 spiro atoms. The van der Waals surface area contributed by atoms with Crippen LogP contribution < -0.4 is 11.1 Å². The van der Waals surface area contributed by atoms with Crippen LogP contribution in [0.4, 0.5) is 5.69 Å². The summed E-state index contributed by atoms with van der Waals surface area (Å²) in [6, 6.07) is 8.35. The highest BCUT2D eigenvalue weighted by atomic mass is 79.9. The van der Waals surface area contributed by atoms with Crippen molar-refractivity contribution in [3.05, 3.63) is 57.8 Å². The minimum Gasteiger partial charge on any atom is -0.409 e. The number of hydrogen-bond donors (Lipinski definition) is 3. The molecule has 6 nitrogen and oxygen atoms in total. The highest BCUT2D eigenvalue weighted by molar-refractivity contribution is 9.10. The summed E-state index contributed by atoms with van der Waals surface area (Å²) < 4.78 is 0.762. The fourth-order valence-electron chi connectivity index (χ4n) is 1.78. The monoisotopic (exact) mass is 348 g/mol. The van der Waals surface area contributed by atoms with Gasteiger partial charge >= 0.3 is 0 Å². The van der Waals surface area contributed by atoms with Crippen LogP contribution in [0.1, 0.15) is 21.6 Å². The fraction of sp³-hybridized carbons (Fsp3) is 0.0714. The van der Waals surface area contributed by atoms with E-state index in [1.165, 1.54) is 0 Å². The number of aromatic nitrogens is 1. The molecule has 0 saturated carbocycles. The van der Waals surface area contributed by atoms with E-state index in [1.54, 1.807) is 43.5 Å². The Balaban J connectivity index is 2.35. The van der Waals surface area contributed by atoms with Crippen molar-refractivity contribution in [1.29, 1.82) is 0 Å². The van der Waals surface area contributed by atoms with Crippen LogP contribution in [0.3, 0.4) is 0 Å². The molecule has 21 heavy (non-hydrogen) atoms. The molecule has 0 aliphatic heterocycles. The van der Waals surface area contributed by atoms with E-state index in [1.807, 2.05) is 0 Å². The molecular formula is C14H13BrN4O2. The highest BCUT2D eigenvalue weighted by Crippen LogP contribution is 2.22. The van der Waals surface area contributed by atoms with Crippen molar-refractivity contribution in [1.82, 2.24) is 4.98 Å². The van der Waals surface area contributed by atoms with Crippen LogP contribution in [0.5, 0.6) is 0 Å². The van der Waals surface area contributed by atoms with Crippen LogP contribution in [0.15, 0.2) is 46.2 Å². The van der Waals surface area contributed by atoms with Gasteiger partial charge in [-0.15, -0.1) is 0 Å². The Morgan fingerprint density at radius 2 is 2.14 bits per heavy atom. The van der Waals surface area contributed by atoms with E-state index in [0.717, 1.165) is 10.2 Å². The molecule has 108 valence electrons. The summed E-state index contributed by atoms with van der Waals surface area (Å²) in [7, 11) is 0. The average molecular weight is 349 g/mol. The normalized spacial score (nSPS) is 11.2. The van der Waals surface area contributed by atoms with E-state index in [-0.39, 0.29) is 11.7 Å². The van der Waals surface area contributed by atoms with Crippen molar-refractivity contribution in [3.63, 3.8) is 0 Å². The number of rotatable bonds is 3. The Hall–Kier alpha value is -2.41. The summed E-state index contributed by atoms with van der Waals surface area (Å²) in [6.45, 7) is 1.80. The summed E-state index contributed by atoms with van der Waals surface area (Å²) in [5, 5.41) is 14.5. The number of hydrogen-bond acceptors (Lipinski definition) is 4. The Labute approximate surface area is 129 Å². The number of halogens is 1. The van der Waals surface area contributed by atoms with Crippen LogP contribution in [0.2, 0.25) is 0 Å². The van der Waals surface area contributed by atoms with E-state index in [2.05, 4.69) is 31.4 Å². The second kappa shape index (κ2) is 6.36. The van der Waals surface area contributed by atoms with Gasteiger partial charge in [0.25, 0.3) is 5.91 Å². The van der Waals surface area contributed by atoms with Gasteiger partial charge in [0.05, 0.1) is 5.69 Å². The zero-order valence-corrected chi connectivity index (χ0v) is 12.8. The molecule has 0 atom stereocenters. The highest BCUT2D eigenvalue weighted by Gasteiger charge is 2.12. The number of carbonyl (C=O) groups excluding carboxylic acids is 1. The van der Waals surface area contributed by atoms with E-state index < -0.39 is 0 Å². The number of nitrogens with one attached hydrogen (secondary N) is 1. The molecule has 1 heterocycles.